The van der Waals surface area contributed by atoms with Gasteiger partial charge in [0.2, 0.25) is 5.91 Å². The molecule has 1 fully saturated rings. The maximum Gasteiger partial charge on any atom is 0.254 e. The highest BCUT2D eigenvalue weighted by Gasteiger charge is 2.35. The first-order valence-corrected chi connectivity index (χ1v) is 8.78. The van der Waals surface area contributed by atoms with Gasteiger partial charge in [-0.1, -0.05) is 33.6 Å². The smallest absolute Gasteiger partial charge is 0.254 e. The Bertz CT molecular complexity index is 779. The Morgan fingerprint density at radius 1 is 1.17 bits per heavy atom. The summed E-state index contributed by atoms with van der Waals surface area (Å²) < 4.78 is 0.917. The second-order valence-corrected chi connectivity index (χ2v) is 7.00. The van der Waals surface area contributed by atoms with Gasteiger partial charge in [0.15, 0.2) is 0 Å². The van der Waals surface area contributed by atoms with Crippen LogP contribution in [-0.4, -0.2) is 35.8 Å². The molecule has 3 rings (SSSR count). The highest BCUT2D eigenvalue weighted by Crippen LogP contribution is 2.24. The average Bonchev–Trinajstić information content (AvgIpc) is 2.57. The minimum atomic E-state index is -0.513. The van der Waals surface area contributed by atoms with Crippen molar-refractivity contribution in [2.24, 2.45) is 0 Å². The number of hydrogen-bond donors (Lipinski definition) is 0. The molecule has 24 heavy (non-hydrogen) atoms. The lowest BCUT2D eigenvalue weighted by molar-refractivity contribution is -0.124. The maximum atomic E-state index is 12.7. The summed E-state index contributed by atoms with van der Waals surface area (Å²) >= 11 is 9.29. The molecule has 2 aromatic rings. The molecule has 4 nitrogen and oxygen atoms in total. The summed E-state index contributed by atoms with van der Waals surface area (Å²) in [6, 6.07) is 13.8. The Kier molecular flexibility index (Phi) is 4.92. The van der Waals surface area contributed by atoms with Gasteiger partial charge in [0.05, 0.1) is 0 Å². The number of piperazine rings is 1. The molecule has 0 unspecified atom stereocenters. The fraction of sp³-hybridized carbons (Fsp3) is 0.222. The molecule has 6 heteroatoms. The topological polar surface area (TPSA) is 40.6 Å². The minimum Gasteiger partial charge on any atom is -0.325 e. The molecule has 124 valence electrons. The molecule has 1 atom stereocenters. The van der Waals surface area contributed by atoms with Gasteiger partial charge in [-0.2, -0.15) is 0 Å². The molecule has 2 aromatic carbocycles. The fourth-order valence-corrected chi connectivity index (χ4v) is 3.32. The first kappa shape index (κ1) is 17.0. The van der Waals surface area contributed by atoms with Gasteiger partial charge >= 0.3 is 0 Å². The molecular formula is C18H16BrClN2O2. The van der Waals surface area contributed by atoms with Crippen molar-refractivity contribution in [1.29, 1.82) is 0 Å². The third kappa shape index (κ3) is 3.32. The van der Waals surface area contributed by atoms with E-state index in [4.69, 9.17) is 11.6 Å². The van der Waals surface area contributed by atoms with Gasteiger partial charge in [0.1, 0.15) is 6.04 Å². The van der Waals surface area contributed by atoms with Crippen molar-refractivity contribution in [3.05, 3.63) is 63.6 Å². The zero-order valence-electron chi connectivity index (χ0n) is 13.1. The van der Waals surface area contributed by atoms with Gasteiger partial charge < -0.3 is 9.80 Å². The van der Waals surface area contributed by atoms with Crippen molar-refractivity contribution in [3.63, 3.8) is 0 Å². The Hall–Kier alpha value is -1.85. The number of nitrogens with zero attached hydrogens (tertiary/aromatic N) is 2. The number of carbonyl (C=O) groups is 2. The summed E-state index contributed by atoms with van der Waals surface area (Å²) in [6.07, 6.45) is 0. The highest BCUT2D eigenvalue weighted by molar-refractivity contribution is 9.10. The van der Waals surface area contributed by atoms with Crippen LogP contribution in [0.3, 0.4) is 0 Å². The molecule has 1 aliphatic heterocycles. The fourth-order valence-electron chi connectivity index (χ4n) is 2.81. The van der Waals surface area contributed by atoms with E-state index in [1.54, 1.807) is 41.0 Å². The lowest BCUT2D eigenvalue weighted by atomic mass is 10.1. The molecule has 0 N–H and O–H groups in total. The lowest BCUT2D eigenvalue weighted by Crippen LogP contribution is -2.57. The highest BCUT2D eigenvalue weighted by atomic mass is 79.9. The van der Waals surface area contributed by atoms with Crippen LogP contribution in [0.2, 0.25) is 5.02 Å². The number of carbonyl (C=O) groups excluding carboxylic acids is 2. The number of rotatable bonds is 2. The van der Waals surface area contributed by atoms with E-state index in [9.17, 15) is 9.59 Å². The lowest BCUT2D eigenvalue weighted by Gasteiger charge is -2.39. The average molecular weight is 408 g/mol. The predicted molar refractivity (Wildman–Crippen MR) is 98.4 cm³/mol. The van der Waals surface area contributed by atoms with Crippen LogP contribution in [0.25, 0.3) is 0 Å². The molecule has 2 amide bonds. The number of halogens is 2. The molecule has 1 aliphatic rings. The quantitative estimate of drug-likeness (QED) is 0.755. The number of benzene rings is 2. The van der Waals surface area contributed by atoms with E-state index in [2.05, 4.69) is 15.9 Å². The maximum absolute atomic E-state index is 12.7. The second kappa shape index (κ2) is 6.95. The van der Waals surface area contributed by atoms with Crippen LogP contribution in [0, 0.1) is 0 Å². The summed E-state index contributed by atoms with van der Waals surface area (Å²) in [7, 11) is 0. The molecular weight excluding hydrogens is 392 g/mol. The second-order valence-electron chi connectivity index (χ2n) is 5.65. The van der Waals surface area contributed by atoms with E-state index in [0.717, 1.165) is 10.2 Å². The van der Waals surface area contributed by atoms with Crippen molar-refractivity contribution in [1.82, 2.24) is 4.90 Å². The zero-order valence-corrected chi connectivity index (χ0v) is 15.4. The van der Waals surface area contributed by atoms with Crippen molar-refractivity contribution in [3.8, 4) is 0 Å². The summed E-state index contributed by atoms with van der Waals surface area (Å²) in [5.41, 5.74) is 1.37. The molecule has 0 aromatic heterocycles. The van der Waals surface area contributed by atoms with E-state index in [0.29, 0.717) is 23.7 Å². The van der Waals surface area contributed by atoms with Crippen molar-refractivity contribution in [2.45, 2.75) is 13.0 Å². The van der Waals surface area contributed by atoms with Gasteiger partial charge in [-0.25, -0.2) is 0 Å². The molecule has 0 spiro atoms. The van der Waals surface area contributed by atoms with Crippen LogP contribution in [0.4, 0.5) is 5.69 Å². The van der Waals surface area contributed by atoms with Crippen LogP contribution >= 0.6 is 27.5 Å². The third-order valence-electron chi connectivity index (χ3n) is 4.13. The zero-order chi connectivity index (χ0) is 17.3. The van der Waals surface area contributed by atoms with E-state index in [1.165, 1.54) is 0 Å². The van der Waals surface area contributed by atoms with E-state index in [1.807, 2.05) is 24.3 Å². The van der Waals surface area contributed by atoms with Gasteiger partial charge in [0, 0.05) is 33.8 Å². The van der Waals surface area contributed by atoms with Gasteiger partial charge in [0.25, 0.3) is 5.91 Å². The van der Waals surface area contributed by atoms with E-state index >= 15 is 0 Å². The number of hydrogen-bond acceptors (Lipinski definition) is 2. The van der Waals surface area contributed by atoms with Crippen LogP contribution in [0.5, 0.6) is 0 Å². The Morgan fingerprint density at radius 3 is 2.54 bits per heavy atom. The molecule has 0 radical (unpaired) electrons. The summed E-state index contributed by atoms with van der Waals surface area (Å²) in [4.78, 5) is 28.7. The Morgan fingerprint density at radius 2 is 1.88 bits per heavy atom. The Labute approximate surface area is 154 Å². The predicted octanol–water partition coefficient (Wildman–Crippen LogP) is 3.98. The largest absolute Gasteiger partial charge is 0.325 e. The first-order chi connectivity index (χ1) is 11.5. The normalized spacial score (nSPS) is 18.0. The number of anilines is 1. The Balaban J connectivity index is 1.79. The van der Waals surface area contributed by atoms with Gasteiger partial charge in [-0.3, -0.25) is 9.59 Å². The first-order valence-electron chi connectivity index (χ1n) is 7.61. The van der Waals surface area contributed by atoms with Crippen molar-refractivity contribution >= 4 is 45.0 Å². The standard InChI is InChI=1S/C18H16BrClN2O2/c1-12-17(23)22(16-4-2-3-14(19)11-16)10-9-21(12)18(24)13-5-7-15(20)8-6-13/h2-8,11-12H,9-10H2,1H3/t12-/m0/s1. The molecule has 0 aliphatic carbocycles. The van der Waals surface area contributed by atoms with E-state index < -0.39 is 6.04 Å². The molecule has 1 heterocycles. The summed E-state index contributed by atoms with van der Waals surface area (Å²) in [5, 5.41) is 0.579. The van der Waals surface area contributed by atoms with Crippen LogP contribution in [0.1, 0.15) is 17.3 Å². The van der Waals surface area contributed by atoms with Gasteiger partial charge in [-0.05, 0) is 49.4 Å². The van der Waals surface area contributed by atoms with Crippen LogP contribution in [-0.2, 0) is 4.79 Å². The SMILES string of the molecule is C[C@H]1C(=O)N(c2cccc(Br)c2)CCN1C(=O)c1ccc(Cl)cc1. The summed E-state index contributed by atoms with van der Waals surface area (Å²) in [6.45, 7) is 2.72. The van der Waals surface area contributed by atoms with Crippen LogP contribution in [0.15, 0.2) is 53.0 Å². The monoisotopic (exact) mass is 406 g/mol. The minimum absolute atomic E-state index is 0.0818. The number of amides is 2. The molecule has 1 saturated heterocycles. The van der Waals surface area contributed by atoms with Crippen molar-refractivity contribution < 1.29 is 9.59 Å². The van der Waals surface area contributed by atoms with Crippen LogP contribution < -0.4 is 4.90 Å². The molecule has 0 saturated carbocycles. The molecule has 0 bridgehead atoms. The third-order valence-corrected chi connectivity index (χ3v) is 4.87. The van der Waals surface area contributed by atoms with E-state index in [-0.39, 0.29) is 11.8 Å². The van der Waals surface area contributed by atoms with Crippen molar-refractivity contribution in [2.75, 3.05) is 18.0 Å². The summed E-state index contributed by atoms with van der Waals surface area (Å²) in [5.74, 6) is -0.233. The van der Waals surface area contributed by atoms with Gasteiger partial charge in [-0.15, -0.1) is 0 Å².